The number of rotatable bonds is 6. The molecule has 5 heteroatoms. The van der Waals surface area contributed by atoms with Crippen LogP contribution in [0.2, 0.25) is 0 Å². The van der Waals surface area contributed by atoms with Crippen molar-refractivity contribution in [1.82, 2.24) is 4.98 Å². The Morgan fingerprint density at radius 2 is 2.17 bits per heavy atom. The second-order valence-electron chi connectivity index (χ2n) is 4.67. The maximum Gasteiger partial charge on any atom is 0.227 e. The van der Waals surface area contributed by atoms with Crippen molar-refractivity contribution in [2.75, 3.05) is 5.32 Å². The van der Waals surface area contributed by atoms with Crippen molar-refractivity contribution in [2.45, 2.75) is 39.2 Å². The molecular formula is C13H20FN3O. The quantitative estimate of drug-likeness (QED) is 0.764. The third-order valence-corrected chi connectivity index (χ3v) is 2.74. The first-order chi connectivity index (χ1) is 8.49. The molecular weight excluding hydrogens is 233 g/mol. The lowest BCUT2D eigenvalue weighted by molar-refractivity contribution is -0.119. The summed E-state index contributed by atoms with van der Waals surface area (Å²) in [5.74, 6) is -0.722. The molecule has 0 bridgehead atoms. The monoisotopic (exact) mass is 253 g/mol. The molecule has 0 aromatic carbocycles. The molecule has 0 saturated carbocycles. The Morgan fingerprint density at radius 3 is 2.72 bits per heavy atom. The Hall–Kier alpha value is -1.49. The highest BCUT2D eigenvalue weighted by atomic mass is 19.1. The van der Waals surface area contributed by atoms with Crippen LogP contribution in [0.15, 0.2) is 18.3 Å². The van der Waals surface area contributed by atoms with E-state index in [1.165, 1.54) is 18.3 Å². The van der Waals surface area contributed by atoms with Crippen LogP contribution in [0, 0.1) is 11.9 Å². The average molecular weight is 253 g/mol. The first-order valence-electron chi connectivity index (χ1n) is 6.17. The standard InChI is InChI=1S/C13H20FN3O/c1-9(4-3-5-10(2)15)13(18)17-11-6-7-12(14)16-8-11/h6-10H,3-5,15H2,1-2H3,(H,17,18). The van der Waals surface area contributed by atoms with Gasteiger partial charge in [-0.2, -0.15) is 4.39 Å². The molecule has 0 aliphatic heterocycles. The molecule has 0 fully saturated rings. The fourth-order valence-corrected chi connectivity index (χ4v) is 1.59. The van der Waals surface area contributed by atoms with Crippen molar-refractivity contribution in [3.8, 4) is 0 Å². The Kier molecular flexibility index (Phi) is 5.71. The van der Waals surface area contributed by atoms with Gasteiger partial charge in [0.15, 0.2) is 0 Å². The van der Waals surface area contributed by atoms with Gasteiger partial charge in [-0.3, -0.25) is 4.79 Å². The van der Waals surface area contributed by atoms with Gasteiger partial charge >= 0.3 is 0 Å². The summed E-state index contributed by atoms with van der Waals surface area (Å²) in [6.45, 7) is 3.82. The van der Waals surface area contributed by atoms with Gasteiger partial charge in [0, 0.05) is 12.0 Å². The van der Waals surface area contributed by atoms with Crippen LogP contribution in [0.3, 0.4) is 0 Å². The maximum absolute atomic E-state index is 12.6. The number of amides is 1. The molecule has 18 heavy (non-hydrogen) atoms. The van der Waals surface area contributed by atoms with Crippen molar-refractivity contribution in [2.24, 2.45) is 11.7 Å². The Balaban J connectivity index is 2.37. The number of aromatic nitrogens is 1. The predicted molar refractivity (Wildman–Crippen MR) is 69.5 cm³/mol. The molecule has 0 saturated heterocycles. The van der Waals surface area contributed by atoms with Crippen molar-refractivity contribution < 1.29 is 9.18 Å². The van der Waals surface area contributed by atoms with Gasteiger partial charge < -0.3 is 11.1 Å². The molecule has 0 radical (unpaired) electrons. The van der Waals surface area contributed by atoms with Gasteiger partial charge in [0.25, 0.3) is 0 Å². The fourth-order valence-electron chi connectivity index (χ4n) is 1.59. The number of hydrogen-bond donors (Lipinski definition) is 2. The Labute approximate surface area is 107 Å². The van der Waals surface area contributed by atoms with E-state index in [-0.39, 0.29) is 17.9 Å². The van der Waals surface area contributed by atoms with Crippen molar-refractivity contribution in [1.29, 1.82) is 0 Å². The number of anilines is 1. The molecule has 3 N–H and O–H groups in total. The van der Waals surface area contributed by atoms with E-state index in [9.17, 15) is 9.18 Å². The van der Waals surface area contributed by atoms with Crippen molar-refractivity contribution in [3.63, 3.8) is 0 Å². The van der Waals surface area contributed by atoms with E-state index in [4.69, 9.17) is 5.73 Å². The predicted octanol–water partition coefficient (Wildman–Crippen LogP) is 2.31. The highest BCUT2D eigenvalue weighted by Crippen LogP contribution is 2.13. The summed E-state index contributed by atoms with van der Waals surface area (Å²) in [7, 11) is 0. The largest absolute Gasteiger partial charge is 0.328 e. The first kappa shape index (κ1) is 14.6. The Bertz CT molecular complexity index is 378. The lowest BCUT2D eigenvalue weighted by Crippen LogP contribution is -2.21. The average Bonchev–Trinajstić information content (AvgIpc) is 2.31. The summed E-state index contributed by atoms with van der Waals surface area (Å²) in [6, 6.07) is 2.88. The Morgan fingerprint density at radius 1 is 1.44 bits per heavy atom. The maximum atomic E-state index is 12.6. The summed E-state index contributed by atoms with van der Waals surface area (Å²) in [5, 5.41) is 2.71. The van der Waals surface area contributed by atoms with Crippen molar-refractivity contribution >= 4 is 11.6 Å². The van der Waals surface area contributed by atoms with E-state index < -0.39 is 5.95 Å². The minimum Gasteiger partial charge on any atom is -0.328 e. The summed E-state index contributed by atoms with van der Waals surface area (Å²) >= 11 is 0. The minimum absolute atomic E-state index is 0.0758. The fraction of sp³-hybridized carbons (Fsp3) is 0.538. The summed E-state index contributed by atoms with van der Waals surface area (Å²) < 4.78 is 12.6. The number of carbonyl (C=O) groups is 1. The second-order valence-corrected chi connectivity index (χ2v) is 4.67. The van der Waals surface area contributed by atoms with E-state index in [0.29, 0.717) is 5.69 Å². The summed E-state index contributed by atoms with van der Waals surface area (Å²) in [6.07, 6.45) is 3.94. The van der Waals surface area contributed by atoms with Crippen LogP contribution < -0.4 is 11.1 Å². The number of carbonyl (C=O) groups excluding carboxylic acids is 1. The molecule has 1 aromatic rings. The molecule has 1 heterocycles. The van der Waals surface area contributed by atoms with Crippen LogP contribution in [0.4, 0.5) is 10.1 Å². The molecule has 100 valence electrons. The molecule has 4 nitrogen and oxygen atoms in total. The van der Waals surface area contributed by atoms with Gasteiger partial charge in [0.1, 0.15) is 0 Å². The highest BCUT2D eigenvalue weighted by Gasteiger charge is 2.13. The van der Waals surface area contributed by atoms with E-state index in [2.05, 4.69) is 10.3 Å². The lowest BCUT2D eigenvalue weighted by atomic mass is 10.0. The van der Waals surface area contributed by atoms with Gasteiger partial charge in [-0.05, 0) is 31.9 Å². The number of nitrogens with zero attached hydrogens (tertiary/aromatic N) is 1. The van der Waals surface area contributed by atoms with Crippen LogP contribution in [0.1, 0.15) is 33.1 Å². The van der Waals surface area contributed by atoms with E-state index in [0.717, 1.165) is 19.3 Å². The zero-order valence-corrected chi connectivity index (χ0v) is 10.8. The highest BCUT2D eigenvalue weighted by molar-refractivity contribution is 5.92. The number of hydrogen-bond acceptors (Lipinski definition) is 3. The van der Waals surface area contributed by atoms with Gasteiger partial charge in [-0.15, -0.1) is 0 Å². The molecule has 1 aromatic heterocycles. The molecule has 2 unspecified atom stereocenters. The third-order valence-electron chi connectivity index (χ3n) is 2.74. The van der Waals surface area contributed by atoms with Crippen LogP contribution >= 0.6 is 0 Å². The molecule has 1 amide bonds. The van der Waals surface area contributed by atoms with E-state index in [1.54, 1.807) is 0 Å². The topological polar surface area (TPSA) is 68.0 Å². The molecule has 0 spiro atoms. The SMILES string of the molecule is CC(N)CCCC(C)C(=O)Nc1ccc(F)nc1. The van der Waals surface area contributed by atoms with Crippen LogP contribution in [0.5, 0.6) is 0 Å². The number of halogens is 1. The minimum atomic E-state index is -0.557. The number of nitrogens with two attached hydrogens (primary N) is 1. The number of nitrogens with one attached hydrogen (secondary N) is 1. The van der Waals surface area contributed by atoms with E-state index >= 15 is 0 Å². The van der Waals surface area contributed by atoms with E-state index in [1.807, 2.05) is 13.8 Å². The third kappa shape index (κ3) is 5.23. The van der Waals surface area contributed by atoms with Crippen LogP contribution in [-0.4, -0.2) is 16.9 Å². The normalized spacial score (nSPS) is 14.0. The molecule has 0 aliphatic rings. The smallest absolute Gasteiger partial charge is 0.227 e. The van der Waals surface area contributed by atoms with Gasteiger partial charge in [-0.25, -0.2) is 4.98 Å². The second kappa shape index (κ2) is 7.06. The van der Waals surface area contributed by atoms with Crippen LogP contribution in [-0.2, 0) is 4.79 Å². The first-order valence-corrected chi connectivity index (χ1v) is 6.17. The lowest BCUT2D eigenvalue weighted by Gasteiger charge is -2.12. The van der Waals surface area contributed by atoms with Gasteiger partial charge in [0.05, 0.1) is 11.9 Å². The molecule has 2 atom stereocenters. The zero-order valence-electron chi connectivity index (χ0n) is 10.8. The van der Waals surface area contributed by atoms with Gasteiger partial charge in [-0.1, -0.05) is 13.3 Å². The zero-order chi connectivity index (χ0) is 13.5. The summed E-state index contributed by atoms with van der Waals surface area (Å²) in [4.78, 5) is 15.3. The molecule has 0 aliphatic carbocycles. The molecule has 1 rings (SSSR count). The van der Waals surface area contributed by atoms with Crippen LogP contribution in [0.25, 0.3) is 0 Å². The number of pyridine rings is 1. The van der Waals surface area contributed by atoms with Crippen molar-refractivity contribution in [3.05, 3.63) is 24.3 Å². The van der Waals surface area contributed by atoms with Gasteiger partial charge in [0.2, 0.25) is 11.9 Å². The summed E-state index contributed by atoms with van der Waals surface area (Å²) in [5.41, 5.74) is 6.16.